The molecule has 0 aliphatic heterocycles. The molecule has 0 radical (unpaired) electrons. The van der Waals surface area contributed by atoms with E-state index in [-0.39, 0.29) is 5.78 Å². The molecule has 2 atom stereocenters. The fraction of sp³-hybridized carbons (Fsp3) is 0.588. The summed E-state index contributed by atoms with van der Waals surface area (Å²) in [4.78, 5) is 11.2. The van der Waals surface area contributed by atoms with Crippen LogP contribution < -0.4 is 0 Å². The van der Waals surface area contributed by atoms with Gasteiger partial charge in [-0.15, -0.1) is 0 Å². The minimum absolute atomic E-state index is 0.195. The maximum atomic E-state index is 11.2. The fourth-order valence-corrected chi connectivity index (χ4v) is 1.79. The SMILES string of the molecule is C=C(C)C(C)CC(C)CC=CC(C)=CC(=O)CC. The van der Waals surface area contributed by atoms with Crippen molar-refractivity contribution in [2.75, 3.05) is 0 Å². The molecule has 0 N–H and O–H groups in total. The monoisotopic (exact) mass is 248 g/mol. The van der Waals surface area contributed by atoms with Gasteiger partial charge < -0.3 is 0 Å². The van der Waals surface area contributed by atoms with Gasteiger partial charge in [0.2, 0.25) is 0 Å². The smallest absolute Gasteiger partial charge is 0.155 e. The lowest BCUT2D eigenvalue weighted by molar-refractivity contribution is -0.114. The van der Waals surface area contributed by atoms with Crippen molar-refractivity contribution in [3.63, 3.8) is 0 Å². The van der Waals surface area contributed by atoms with Gasteiger partial charge in [0, 0.05) is 6.42 Å². The Balaban J connectivity index is 4.12. The first-order chi connectivity index (χ1) is 8.36. The number of ketones is 1. The second-order valence-electron chi connectivity index (χ2n) is 5.43. The first-order valence-electron chi connectivity index (χ1n) is 6.89. The van der Waals surface area contributed by atoms with Gasteiger partial charge in [-0.1, -0.05) is 45.1 Å². The highest BCUT2D eigenvalue weighted by atomic mass is 16.1. The summed E-state index contributed by atoms with van der Waals surface area (Å²) in [6.07, 6.45) is 8.76. The average molecular weight is 248 g/mol. The number of rotatable bonds is 8. The van der Waals surface area contributed by atoms with Crippen LogP contribution in [-0.2, 0) is 4.79 Å². The van der Waals surface area contributed by atoms with Crippen molar-refractivity contribution in [2.24, 2.45) is 11.8 Å². The first kappa shape index (κ1) is 16.9. The Morgan fingerprint density at radius 2 is 1.89 bits per heavy atom. The Labute approximate surface area is 113 Å². The van der Waals surface area contributed by atoms with Crippen LogP contribution >= 0.6 is 0 Å². The number of carbonyl (C=O) groups excluding carboxylic acids is 1. The molecule has 0 heterocycles. The molecule has 0 spiro atoms. The van der Waals surface area contributed by atoms with Crippen LogP contribution in [0.3, 0.4) is 0 Å². The second-order valence-corrected chi connectivity index (χ2v) is 5.43. The molecule has 0 saturated carbocycles. The van der Waals surface area contributed by atoms with E-state index in [1.165, 1.54) is 12.0 Å². The summed E-state index contributed by atoms with van der Waals surface area (Å²) >= 11 is 0. The van der Waals surface area contributed by atoms with E-state index >= 15 is 0 Å². The fourth-order valence-electron chi connectivity index (χ4n) is 1.79. The van der Waals surface area contributed by atoms with Crippen molar-refractivity contribution in [3.8, 4) is 0 Å². The van der Waals surface area contributed by atoms with Crippen LogP contribution in [-0.4, -0.2) is 5.78 Å². The van der Waals surface area contributed by atoms with Crippen LogP contribution in [0, 0.1) is 11.8 Å². The molecule has 0 amide bonds. The lowest BCUT2D eigenvalue weighted by Crippen LogP contribution is -2.03. The van der Waals surface area contributed by atoms with Crippen molar-refractivity contribution >= 4 is 5.78 Å². The van der Waals surface area contributed by atoms with Gasteiger partial charge in [0.05, 0.1) is 0 Å². The maximum absolute atomic E-state index is 11.2. The molecule has 0 aromatic rings. The van der Waals surface area contributed by atoms with Crippen LogP contribution in [0.1, 0.15) is 53.9 Å². The van der Waals surface area contributed by atoms with E-state index < -0.39 is 0 Å². The van der Waals surface area contributed by atoms with Gasteiger partial charge in [-0.3, -0.25) is 4.79 Å². The summed E-state index contributed by atoms with van der Waals surface area (Å²) in [5.74, 6) is 1.44. The van der Waals surface area contributed by atoms with Crippen LogP contribution in [0.5, 0.6) is 0 Å². The molecule has 1 nitrogen and oxygen atoms in total. The van der Waals surface area contributed by atoms with E-state index in [0.29, 0.717) is 18.3 Å². The van der Waals surface area contributed by atoms with Crippen molar-refractivity contribution in [3.05, 3.63) is 36.0 Å². The zero-order valence-corrected chi connectivity index (χ0v) is 12.6. The van der Waals surface area contributed by atoms with Crippen LogP contribution in [0.4, 0.5) is 0 Å². The number of hydrogen-bond donors (Lipinski definition) is 0. The Morgan fingerprint density at radius 3 is 2.39 bits per heavy atom. The molecular weight excluding hydrogens is 220 g/mol. The highest BCUT2D eigenvalue weighted by Crippen LogP contribution is 2.20. The molecule has 2 unspecified atom stereocenters. The summed E-state index contributed by atoms with van der Waals surface area (Å²) in [7, 11) is 0. The minimum Gasteiger partial charge on any atom is -0.295 e. The Bertz CT molecular complexity index is 334. The van der Waals surface area contributed by atoms with Gasteiger partial charge in [-0.2, -0.15) is 0 Å². The maximum Gasteiger partial charge on any atom is 0.155 e. The van der Waals surface area contributed by atoms with E-state index in [1.54, 1.807) is 6.08 Å². The normalized spacial score (nSPS) is 15.7. The van der Waals surface area contributed by atoms with Crippen LogP contribution in [0.25, 0.3) is 0 Å². The topological polar surface area (TPSA) is 17.1 Å². The van der Waals surface area contributed by atoms with Gasteiger partial charge in [0.1, 0.15) is 0 Å². The highest BCUT2D eigenvalue weighted by molar-refractivity contribution is 5.90. The molecular formula is C17H28O. The Kier molecular flexibility index (Phi) is 8.36. The predicted molar refractivity (Wildman–Crippen MR) is 80.6 cm³/mol. The largest absolute Gasteiger partial charge is 0.295 e. The zero-order valence-electron chi connectivity index (χ0n) is 12.6. The van der Waals surface area contributed by atoms with Crippen molar-refractivity contribution in [1.29, 1.82) is 0 Å². The van der Waals surface area contributed by atoms with Gasteiger partial charge in [0.15, 0.2) is 5.78 Å². The highest BCUT2D eigenvalue weighted by Gasteiger charge is 2.07. The summed E-state index contributed by atoms with van der Waals surface area (Å²) in [5.41, 5.74) is 2.30. The Morgan fingerprint density at radius 1 is 1.28 bits per heavy atom. The average Bonchev–Trinajstić information content (AvgIpc) is 2.28. The molecule has 0 aromatic carbocycles. The molecule has 0 aliphatic rings. The summed E-state index contributed by atoms with van der Waals surface area (Å²) in [6, 6.07) is 0. The predicted octanol–water partition coefficient (Wildman–Crippen LogP) is 5.10. The molecule has 0 aromatic heterocycles. The van der Waals surface area contributed by atoms with Gasteiger partial charge in [-0.25, -0.2) is 0 Å². The van der Waals surface area contributed by atoms with E-state index in [1.807, 2.05) is 13.8 Å². The quantitative estimate of drug-likeness (QED) is 0.332. The lowest BCUT2D eigenvalue weighted by atomic mass is 9.90. The number of hydrogen-bond acceptors (Lipinski definition) is 1. The Hall–Kier alpha value is -1.11. The van der Waals surface area contributed by atoms with E-state index in [0.717, 1.165) is 12.0 Å². The third-order valence-electron chi connectivity index (χ3n) is 3.25. The molecule has 1 heteroatoms. The van der Waals surface area contributed by atoms with Gasteiger partial charge in [0.25, 0.3) is 0 Å². The van der Waals surface area contributed by atoms with Crippen molar-refractivity contribution < 1.29 is 4.79 Å². The lowest BCUT2D eigenvalue weighted by Gasteiger charge is -2.15. The van der Waals surface area contributed by atoms with Crippen molar-refractivity contribution in [2.45, 2.75) is 53.9 Å². The minimum atomic E-state index is 0.195. The summed E-state index contributed by atoms with van der Waals surface area (Å²) < 4.78 is 0. The van der Waals surface area contributed by atoms with E-state index in [4.69, 9.17) is 0 Å². The van der Waals surface area contributed by atoms with Gasteiger partial charge >= 0.3 is 0 Å². The molecule has 18 heavy (non-hydrogen) atoms. The van der Waals surface area contributed by atoms with Crippen molar-refractivity contribution in [1.82, 2.24) is 0 Å². The standard InChI is InChI=1S/C17H28O/c1-7-17(18)12-15(5)10-8-9-14(4)11-16(6)13(2)3/h8,10,12,14,16H,2,7,9,11H2,1,3-6H3. The van der Waals surface area contributed by atoms with Crippen LogP contribution in [0.15, 0.2) is 36.0 Å². The molecule has 0 fully saturated rings. The second kappa shape index (κ2) is 8.91. The first-order valence-corrected chi connectivity index (χ1v) is 6.89. The number of allylic oxidation sites excluding steroid dienone is 5. The third kappa shape index (κ3) is 8.05. The number of carbonyl (C=O) groups is 1. The summed E-state index contributed by atoms with van der Waals surface area (Å²) in [5, 5.41) is 0. The molecule has 0 rings (SSSR count). The van der Waals surface area contributed by atoms with E-state index in [9.17, 15) is 4.79 Å². The molecule has 102 valence electrons. The van der Waals surface area contributed by atoms with Gasteiger partial charge in [-0.05, 0) is 50.2 Å². The molecule has 0 bridgehead atoms. The van der Waals surface area contributed by atoms with Crippen LogP contribution in [0.2, 0.25) is 0 Å². The molecule has 0 aliphatic carbocycles. The van der Waals surface area contributed by atoms with E-state index in [2.05, 4.69) is 39.5 Å². The zero-order chi connectivity index (χ0) is 14.1. The molecule has 0 saturated heterocycles. The summed E-state index contributed by atoms with van der Waals surface area (Å²) in [6.45, 7) is 14.4. The third-order valence-corrected chi connectivity index (χ3v) is 3.25.